The van der Waals surface area contributed by atoms with Gasteiger partial charge in [0.15, 0.2) is 0 Å². The van der Waals surface area contributed by atoms with Crippen molar-refractivity contribution in [2.75, 3.05) is 5.75 Å². The van der Waals surface area contributed by atoms with Crippen molar-refractivity contribution in [1.82, 2.24) is 0 Å². The second-order valence-corrected chi connectivity index (χ2v) is 6.86. The quantitative estimate of drug-likeness (QED) is 0.656. The van der Waals surface area contributed by atoms with E-state index in [-0.39, 0.29) is 0 Å². The molecule has 1 aromatic rings. The van der Waals surface area contributed by atoms with E-state index < -0.39 is 5.60 Å². The van der Waals surface area contributed by atoms with Crippen LogP contribution in [-0.2, 0) is 0 Å². The number of halogens is 1. The van der Waals surface area contributed by atoms with Crippen LogP contribution in [0.25, 0.3) is 0 Å². The van der Waals surface area contributed by atoms with Crippen molar-refractivity contribution in [2.45, 2.75) is 56.4 Å². The molecule has 0 radical (unpaired) electrons. The highest BCUT2D eigenvalue weighted by Crippen LogP contribution is 2.28. The monoisotopic (exact) mass is 330 g/mol. The van der Waals surface area contributed by atoms with E-state index in [2.05, 4.69) is 54.0 Å². The lowest BCUT2D eigenvalue weighted by molar-refractivity contribution is 0.0187. The van der Waals surface area contributed by atoms with Gasteiger partial charge in [-0.25, -0.2) is 0 Å². The second kappa shape index (κ2) is 8.23. The molecule has 0 amide bonds. The van der Waals surface area contributed by atoms with E-state index in [0.717, 1.165) is 42.3 Å². The summed E-state index contributed by atoms with van der Waals surface area (Å²) in [5, 5.41) is 10.5. The fraction of sp³-hybridized carbons (Fsp3) is 0.600. The second-order valence-electron chi connectivity index (χ2n) is 4.78. The Kier molecular flexibility index (Phi) is 7.35. The van der Waals surface area contributed by atoms with E-state index in [1.165, 1.54) is 4.90 Å². The van der Waals surface area contributed by atoms with Gasteiger partial charge in [0, 0.05) is 15.1 Å². The van der Waals surface area contributed by atoms with Crippen LogP contribution in [0.2, 0.25) is 0 Å². The molecule has 102 valence electrons. The normalized spacial score (nSPS) is 11.8. The van der Waals surface area contributed by atoms with Gasteiger partial charge in [0.05, 0.1) is 5.60 Å². The molecule has 0 aliphatic carbocycles. The highest BCUT2D eigenvalue weighted by Gasteiger charge is 2.24. The number of rotatable bonds is 8. The van der Waals surface area contributed by atoms with Gasteiger partial charge >= 0.3 is 0 Å². The number of hydrogen-bond donors (Lipinski definition) is 1. The van der Waals surface area contributed by atoms with Gasteiger partial charge in [0.1, 0.15) is 0 Å². The molecule has 0 saturated carbocycles. The Balaban J connectivity index is 2.40. The van der Waals surface area contributed by atoms with Crippen molar-refractivity contribution in [3.05, 3.63) is 28.7 Å². The Labute approximate surface area is 124 Å². The van der Waals surface area contributed by atoms with Gasteiger partial charge in [-0.15, -0.1) is 11.8 Å². The molecular weight excluding hydrogens is 308 g/mol. The number of hydrogen-bond acceptors (Lipinski definition) is 2. The zero-order valence-corrected chi connectivity index (χ0v) is 13.7. The molecule has 1 nitrogen and oxygen atoms in total. The molecule has 0 aromatic heterocycles. The van der Waals surface area contributed by atoms with Gasteiger partial charge in [0.25, 0.3) is 0 Å². The first-order valence-corrected chi connectivity index (χ1v) is 8.48. The average Bonchev–Trinajstić information content (AvgIpc) is 2.32. The summed E-state index contributed by atoms with van der Waals surface area (Å²) in [5.41, 5.74) is -0.453. The maximum absolute atomic E-state index is 10.5. The number of thioether (sulfide) groups is 1. The van der Waals surface area contributed by atoms with Crippen molar-refractivity contribution in [2.24, 2.45) is 0 Å². The Bertz CT molecular complexity index is 331. The van der Waals surface area contributed by atoms with Gasteiger partial charge in [-0.2, -0.15) is 0 Å². The maximum atomic E-state index is 10.5. The molecule has 0 aliphatic rings. The highest BCUT2D eigenvalue weighted by molar-refractivity contribution is 9.10. The van der Waals surface area contributed by atoms with Gasteiger partial charge in [0.2, 0.25) is 0 Å². The number of aliphatic hydroxyl groups is 1. The predicted octanol–water partition coefficient (Wildman–Crippen LogP) is 5.26. The minimum absolute atomic E-state index is 0.453. The lowest BCUT2D eigenvalue weighted by Crippen LogP contribution is -2.28. The zero-order chi connectivity index (χ0) is 13.4. The molecule has 1 aromatic carbocycles. The average molecular weight is 331 g/mol. The van der Waals surface area contributed by atoms with Gasteiger partial charge in [-0.3, -0.25) is 0 Å². The van der Waals surface area contributed by atoms with Gasteiger partial charge < -0.3 is 5.11 Å². The van der Waals surface area contributed by atoms with Crippen LogP contribution < -0.4 is 0 Å². The van der Waals surface area contributed by atoms with Gasteiger partial charge in [-0.05, 0) is 43.5 Å². The summed E-state index contributed by atoms with van der Waals surface area (Å²) in [6.07, 6.45) is 4.83. The Hall–Kier alpha value is 0.01000. The third-order valence-electron chi connectivity index (χ3n) is 3.08. The van der Waals surface area contributed by atoms with Crippen LogP contribution in [0.1, 0.15) is 46.0 Å². The van der Waals surface area contributed by atoms with E-state index in [9.17, 15) is 5.11 Å². The summed E-state index contributed by atoms with van der Waals surface area (Å²) in [5.74, 6) is 0.984. The smallest absolute Gasteiger partial charge is 0.0655 e. The molecule has 0 aliphatic heterocycles. The van der Waals surface area contributed by atoms with E-state index in [1.54, 1.807) is 0 Å². The van der Waals surface area contributed by atoms with Crippen LogP contribution >= 0.6 is 27.7 Å². The largest absolute Gasteiger partial charge is 0.390 e. The van der Waals surface area contributed by atoms with Crippen molar-refractivity contribution in [3.63, 3.8) is 0 Å². The minimum Gasteiger partial charge on any atom is -0.390 e. The van der Waals surface area contributed by atoms with E-state index in [1.807, 2.05) is 11.8 Å². The molecule has 0 unspecified atom stereocenters. The summed E-state index contributed by atoms with van der Waals surface area (Å²) in [7, 11) is 0. The fourth-order valence-corrected chi connectivity index (χ4v) is 3.51. The zero-order valence-electron chi connectivity index (χ0n) is 11.3. The van der Waals surface area contributed by atoms with Crippen molar-refractivity contribution >= 4 is 27.7 Å². The molecule has 0 bridgehead atoms. The van der Waals surface area contributed by atoms with Gasteiger partial charge in [-0.1, -0.05) is 42.6 Å². The molecule has 0 heterocycles. The molecule has 18 heavy (non-hydrogen) atoms. The molecule has 0 spiro atoms. The van der Waals surface area contributed by atoms with E-state index >= 15 is 0 Å². The van der Waals surface area contributed by atoms with Crippen LogP contribution in [0.3, 0.4) is 0 Å². The van der Waals surface area contributed by atoms with Crippen LogP contribution in [-0.4, -0.2) is 16.5 Å². The first kappa shape index (κ1) is 16.1. The molecule has 3 heteroatoms. The third-order valence-corrected chi connectivity index (χ3v) is 4.62. The third kappa shape index (κ3) is 5.77. The summed E-state index contributed by atoms with van der Waals surface area (Å²) >= 11 is 5.26. The molecule has 0 fully saturated rings. The molecule has 0 saturated heterocycles. The topological polar surface area (TPSA) is 20.2 Å². The molecule has 1 rings (SSSR count). The standard InChI is InChI=1S/C15H23BrOS/c1-3-9-15(17,10-4-2)11-12-18-14-7-5-13(16)6-8-14/h5-8,17H,3-4,9-12H2,1-2H3. The Morgan fingerprint density at radius 2 is 1.61 bits per heavy atom. The van der Waals surface area contributed by atoms with Crippen LogP contribution in [0.5, 0.6) is 0 Å². The van der Waals surface area contributed by atoms with Crippen LogP contribution in [0, 0.1) is 0 Å². The molecular formula is C15H23BrOS. The molecule has 0 atom stereocenters. The summed E-state index contributed by atoms with van der Waals surface area (Å²) in [6.45, 7) is 4.28. The summed E-state index contributed by atoms with van der Waals surface area (Å²) in [6, 6.07) is 8.36. The number of benzene rings is 1. The van der Waals surface area contributed by atoms with Crippen molar-refractivity contribution < 1.29 is 5.11 Å². The SMILES string of the molecule is CCCC(O)(CCC)CCSc1ccc(Br)cc1. The Morgan fingerprint density at radius 1 is 1.06 bits per heavy atom. The maximum Gasteiger partial charge on any atom is 0.0655 e. The molecule has 1 N–H and O–H groups in total. The lowest BCUT2D eigenvalue weighted by atomic mass is 9.90. The van der Waals surface area contributed by atoms with Crippen molar-refractivity contribution in [1.29, 1.82) is 0 Å². The lowest BCUT2D eigenvalue weighted by Gasteiger charge is -2.27. The van der Waals surface area contributed by atoms with E-state index in [4.69, 9.17) is 0 Å². The van der Waals surface area contributed by atoms with Crippen molar-refractivity contribution in [3.8, 4) is 0 Å². The predicted molar refractivity (Wildman–Crippen MR) is 84.2 cm³/mol. The first-order valence-electron chi connectivity index (χ1n) is 6.70. The summed E-state index contributed by atoms with van der Waals surface area (Å²) in [4.78, 5) is 1.27. The fourth-order valence-electron chi connectivity index (χ4n) is 2.20. The highest BCUT2D eigenvalue weighted by atomic mass is 79.9. The minimum atomic E-state index is -0.453. The van der Waals surface area contributed by atoms with E-state index in [0.29, 0.717) is 0 Å². The summed E-state index contributed by atoms with van der Waals surface area (Å²) < 4.78 is 1.11. The first-order chi connectivity index (χ1) is 8.59. The van der Waals surface area contributed by atoms with Crippen LogP contribution in [0.4, 0.5) is 0 Å². The van der Waals surface area contributed by atoms with Crippen LogP contribution in [0.15, 0.2) is 33.6 Å². The Morgan fingerprint density at radius 3 is 2.11 bits per heavy atom.